The molecule has 1 saturated heterocycles. The van der Waals surface area contributed by atoms with Crippen molar-refractivity contribution in [2.24, 2.45) is 0 Å². The summed E-state index contributed by atoms with van der Waals surface area (Å²) in [5.74, 6) is -0.137. The number of aliphatic hydroxyl groups is 2. The third-order valence-electron chi connectivity index (χ3n) is 3.27. The summed E-state index contributed by atoms with van der Waals surface area (Å²) in [5.41, 5.74) is 4.36. The van der Waals surface area contributed by atoms with Crippen LogP contribution in [-0.2, 0) is 31.6 Å². The van der Waals surface area contributed by atoms with Gasteiger partial charge < -0.3 is 44.8 Å². The Morgan fingerprint density at radius 1 is 1.12 bits per heavy atom. The van der Waals surface area contributed by atoms with Crippen molar-refractivity contribution in [3.05, 3.63) is 22.7 Å². The van der Waals surface area contributed by atoms with Gasteiger partial charge in [-0.1, -0.05) is 0 Å². The molecule has 2 rings (SSSR count). The van der Waals surface area contributed by atoms with E-state index in [-0.39, 0.29) is 94.5 Å². The topological polar surface area (TPSA) is 279 Å². The molecule has 2 heterocycles. The van der Waals surface area contributed by atoms with Crippen LogP contribution < -0.4 is 115 Å². The van der Waals surface area contributed by atoms with Crippen molar-refractivity contribution >= 4 is 29.3 Å². The molecule has 1 aromatic rings. The van der Waals surface area contributed by atoms with Gasteiger partial charge in [0.1, 0.15) is 24.1 Å². The van der Waals surface area contributed by atoms with E-state index in [1.54, 1.807) is 0 Å². The van der Waals surface area contributed by atoms with Crippen molar-refractivity contribution in [1.29, 1.82) is 0 Å². The predicted molar refractivity (Wildman–Crippen MR) is 82.0 cm³/mol. The maximum Gasteiger partial charge on any atom is 1.00 e. The van der Waals surface area contributed by atoms with Crippen LogP contribution in [0.5, 0.6) is 0 Å². The summed E-state index contributed by atoms with van der Waals surface area (Å²) in [7, 11) is -17.8. The fourth-order valence-corrected chi connectivity index (χ4v) is 5.07. The standard InChI is InChI=1S/C9H16N3O14P3.3Na/c10-5-1-2-12(9(15)11-5)8-7(14)6(13)4(24-8)3-23-28(19,20)26-29(21,22)25-27(16,17)18;;;/h1-2,4,6-8,13-14H,3H2,(H,19,20)(H,21,22)(H2,10,11,15)(H2,16,17,18);;;/q;3*+1/p-3/t4-,6-,7+,8-;;;/m1.../s1. The number of aliphatic hydroxyl groups excluding tert-OH is 2. The third-order valence-corrected chi connectivity index (χ3v) is 6.97. The second-order valence-electron chi connectivity index (χ2n) is 5.41. The maximum atomic E-state index is 11.8. The van der Waals surface area contributed by atoms with Gasteiger partial charge in [-0.15, -0.1) is 0 Å². The van der Waals surface area contributed by atoms with E-state index in [4.69, 9.17) is 10.5 Å². The van der Waals surface area contributed by atoms with Crippen LogP contribution in [0, 0.1) is 0 Å². The van der Waals surface area contributed by atoms with Gasteiger partial charge in [0, 0.05) is 6.20 Å². The van der Waals surface area contributed by atoms with E-state index in [1.807, 2.05) is 0 Å². The molecule has 1 aromatic heterocycles. The smallest absolute Gasteiger partial charge is 0.790 e. The van der Waals surface area contributed by atoms with Crippen LogP contribution in [-0.4, -0.2) is 49.6 Å². The van der Waals surface area contributed by atoms with Crippen molar-refractivity contribution < 1.29 is 150 Å². The SMILES string of the molecule is Nc1ccn([C@@H]2O[C@H](COP(=O)(O)OP(=O)([O-])OP(=O)([O-])[O-])[C@@H](O)[C@@H]2O)c(=O)n1.[Na+].[Na+].[Na+]. The van der Waals surface area contributed by atoms with E-state index in [0.717, 1.165) is 10.8 Å². The van der Waals surface area contributed by atoms with Gasteiger partial charge in [0.15, 0.2) is 6.23 Å². The van der Waals surface area contributed by atoms with Gasteiger partial charge in [-0.25, -0.2) is 13.7 Å². The first-order valence-electron chi connectivity index (χ1n) is 7.20. The average molecular weight is 549 g/mol. The molecule has 0 aliphatic carbocycles. The summed E-state index contributed by atoms with van der Waals surface area (Å²) in [6.07, 6.45) is -5.54. The molecular formula is C9H13N3Na3O14P3. The number of hydrogen-bond donors (Lipinski definition) is 4. The molecule has 1 aliphatic heterocycles. The minimum Gasteiger partial charge on any atom is -0.790 e. The van der Waals surface area contributed by atoms with Crippen molar-refractivity contribution in [2.45, 2.75) is 24.5 Å². The van der Waals surface area contributed by atoms with Gasteiger partial charge in [0.25, 0.3) is 7.82 Å². The largest absolute Gasteiger partial charge is 1.00 e. The minimum absolute atomic E-state index is 0. The first-order valence-corrected chi connectivity index (χ1v) is 11.6. The van der Waals surface area contributed by atoms with Crippen LogP contribution in [0.15, 0.2) is 17.1 Å². The van der Waals surface area contributed by atoms with Crippen LogP contribution in [0.2, 0.25) is 0 Å². The molecule has 0 radical (unpaired) electrons. The van der Waals surface area contributed by atoms with E-state index in [1.165, 1.54) is 6.07 Å². The summed E-state index contributed by atoms with van der Waals surface area (Å²) >= 11 is 0. The summed E-state index contributed by atoms with van der Waals surface area (Å²) in [6, 6.07) is 1.18. The van der Waals surface area contributed by atoms with Gasteiger partial charge in [0.05, 0.1) is 14.4 Å². The number of nitrogen functional groups attached to an aromatic ring is 1. The van der Waals surface area contributed by atoms with Crippen LogP contribution in [0.4, 0.5) is 5.82 Å². The fourth-order valence-electron chi connectivity index (χ4n) is 2.17. The van der Waals surface area contributed by atoms with Crippen molar-refractivity contribution in [3.8, 4) is 0 Å². The molecule has 32 heavy (non-hydrogen) atoms. The van der Waals surface area contributed by atoms with Crippen LogP contribution in [0.3, 0.4) is 0 Å². The Balaban J connectivity index is 0. The monoisotopic (exact) mass is 549 g/mol. The van der Waals surface area contributed by atoms with Crippen LogP contribution >= 0.6 is 23.5 Å². The number of hydrogen-bond acceptors (Lipinski definition) is 15. The number of ether oxygens (including phenoxy) is 1. The molecule has 2 unspecified atom stereocenters. The summed E-state index contributed by atoms with van der Waals surface area (Å²) in [4.78, 5) is 56.1. The molecule has 1 aliphatic rings. The summed E-state index contributed by atoms with van der Waals surface area (Å²) in [5, 5.41) is 19.9. The Morgan fingerprint density at radius 3 is 2.19 bits per heavy atom. The Morgan fingerprint density at radius 2 is 1.69 bits per heavy atom. The Labute approximate surface area is 246 Å². The number of nitrogens with zero attached hydrogens (tertiary/aromatic N) is 2. The van der Waals surface area contributed by atoms with Gasteiger partial charge in [0.2, 0.25) is 0 Å². The molecule has 23 heteroatoms. The second kappa shape index (κ2) is 14.1. The minimum atomic E-state index is -6.11. The predicted octanol–water partition coefficient (Wildman–Crippen LogP) is -13.1. The van der Waals surface area contributed by atoms with Crippen molar-refractivity contribution in [2.75, 3.05) is 12.3 Å². The normalized spacial score (nSPS) is 26.6. The van der Waals surface area contributed by atoms with Crippen LogP contribution in [0.25, 0.3) is 0 Å². The van der Waals surface area contributed by atoms with Crippen molar-refractivity contribution in [3.63, 3.8) is 0 Å². The van der Waals surface area contributed by atoms with E-state index in [0.29, 0.717) is 0 Å². The quantitative estimate of drug-likeness (QED) is 0.173. The van der Waals surface area contributed by atoms with Crippen LogP contribution in [0.1, 0.15) is 6.23 Å². The first-order chi connectivity index (χ1) is 13.1. The number of phosphoric acid groups is 3. The summed E-state index contributed by atoms with van der Waals surface area (Å²) in [6.45, 7) is -1.08. The summed E-state index contributed by atoms with van der Waals surface area (Å²) < 4.78 is 49.6. The average Bonchev–Trinajstić information content (AvgIpc) is 2.78. The van der Waals surface area contributed by atoms with E-state index >= 15 is 0 Å². The zero-order valence-corrected chi connectivity index (χ0v) is 25.5. The Bertz CT molecular complexity index is 960. The molecule has 0 amide bonds. The van der Waals surface area contributed by atoms with Gasteiger partial charge in [-0.2, -0.15) is 4.98 Å². The third kappa shape index (κ3) is 10.9. The molecule has 166 valence electrons. The second-order valence-corrected chi connectivity index (χ2v) is 9.70. The van der Waals surface area contributed by atoms with Crippen molar-refractivity contribution in [1.82, 2.24) is 9.55 Å². The van der Waals surface area contributed by atoms with Gasteiger partial charge in [-0.3, -0.25) is 18.0 Å². The van der Waals surface area contributed by atoms with E-state index in [2.05, 4.69) is 18.1 Å². The number of aromatic nitrogens is 2. The Hall–Kier alpha value is 1.97. The van der Waals surface area contributed by atoms with E-state index in [9.17, 15) is 48.3 Å². The molecule has 5 N–H and O–H groups in total. The van der Waals surface area contributed by atoms with Gasteiger partial charge in [-0.05, 0) is 6.07 Å². The first kappa shape index (κ1) is 36.1. The molecule has 0 bridgehead atoms. The number of anilines is 1. The molecule has 0 spiro atoms. The maximum absolute atomic E-state index is 11.8. The fraction of sp³-hybridized carbons (Fsp3) is 0.556. The Kier molecular flexibility index (Phi) is 15.9. The number of phosphoric ester groups is 1. The van der Waals surface area contributed by atoms with E-state index < -0.39 is 60.3 Å². The zero-order chi connectivity index (χ0) is 22.2. The molecule has 0 saturated carbocycles. The number of nitrogens with two attached hydrogens (primary N) is 1. The molecule has 17 nitrogen and oxygen atoms in total. The molecular weight excluding hydrogens is 536 g/mol. The number of rotatable bonds is 8. The molecule has 6 atom stereocenters. The zero-order valence-electron chi connectivity index (χ0n) is 16.8. The van der Waals surface area contributed by atoms with Gasteiger partial charge >= 0.3 is 102 Å². The molecule has 0 aromatic carbocycles. The molecule has 1 fully saturated rings.